The molecule has 1 heterocycles. The SMILES string of the molecule is CN1C(=O)O[C@@H]2[C@@H](O)[C@H](N)C[C@@H](O)[C@@H]21. The van der Waals surface area contributed by atoms with Gasteiger partial charge in [-0.25, -0.2) is 4.79 Å². The highest BCUT2D eigenvalue weighted by atomic mass is 16.6. The highest BCUT2D eigenvalue weighted by Crippen LogP contribution is 2.30. The second kappa shape index (κ2) is 3.08. The summed E-state index contributed by atoms with van der Waals surface area (Å²) in [7, 11) is 1.54. The number of fused-ring (bicyclic) bond motifs is 1. The molecule has 6 nitrogen and oxygen atoms in total. The number of nitrogens with zero attached hydrogens (tertiary/aromatic N) is 1. The molecule has 5 atom stereocenters. The molecule has 2 rings (SSSR count). The number of likely N-dealkylation sites (N-methyl/N-ethyl adjacent to an activating group) is 1. The third-order valence-electron chi connectivity index (χ3n) is 2.99. The molecule has 1 saturated carbocycles. The summed E-state index contributed by atoms with van der Waals surface area (Å²) in [5.41, 5.74) is 5.60. The lowest BCUT2D eigenvalue weighted by Gasteiger charge is -2.37. The first-order valence-electron chi connectivity index (χ1n) is 4.57. The highest BCUT2D eigenvalue weighted by molar-refractivity contribution is 5.70. The highest BCUT2D eigenvalue weighted by Gasteiger charge is 2.52. The zero-order chi connectivity index (χ0) is 10.5. The Bertz CT molecular complexity index is 260. The van der Waals surface area contributed by atoms with Gasteiger partial charge >= 0.3 is 6.09 Å². The number of hydrogen-bond acceptors (Lipinski definition) is 5. The lowest BCUT2D eigenvalue weighted by molar-refractivity contribution is -0.0650. The van der Waals surface area contributed by atoms with Crippen molar-refractivity contribution < 1.29 is 19.7 Å². The molecule has 0 bridgehead atoms. The topological polar surface area (TPSA) is 96.0 Å². The molecule has 80 valence electrons. The van der Waals surface area contributed by atoms with Crippen molar-refractivity contribution in [3.63, 3.8) is 0 Å². The number of ether oxygens (including phenoxy) is 1. The van der Waals surface area contributed by atoms with E-state index in [1.54, 1.807) is 7.05 Å². The predicted molar refractivity (Wildman–Crippen MR) is 46.4 cm³/mol. The van der Waals surface area contributed by atoms with Crippen molar-refractivity contribution >= 4 is 6.09 Å². The van der Waals surface area contributed by atoms with Crippen molar-refractivity contribution in [2.75, 3.05) is 7.05 Å². The maximum atomic E-state index is 11.2. The Labute approximate surface area is 81.2 Å². The van der Waals surface area contributed by atoms with Crippen molar-refractivity contribution in [3.8, 4) is 0 Å². The van der Waals surface area contributed by atoms with E-state index in [1.165, 1.54) is 4.90 Å². The molecule has 0 aromatic carbocycles. The average molecular weight is 202 g/mol. The molecule has 6 heteroatoms. The van der Waals surface area contributed by atoms with Crippen molar-refractivity contribution in [1.82, 2.24) is 4.90 Å². The van der Waals surface area contributed by atoms with Gasteiger partial charge in [0.25, 0.3) is 0 Å². The monoisotopic (exact) mass is 202 g/mol. The first-order chi connectivity index (χ1) is 6.52. The smallest absolute Gasteiger partial charge is 0.410 e. The minimum atomic E-state index is -0.891. The second-order valence-electron chi connectivity index (χ2n) is 3.91. The van der Waals surface area contributed by atoms with Crippen LogP contribution in [0.3, 0.4) is 0 Å². The molecule has 14 heavy (non-hydrogen) atoms. The number of aliphatic hydroxyl groups is 2. The Morgan fingerprint density at radius 2 is 2.21 bits per heavy atom. The normalized spacial score (nSPS) is 47.6. The van der Waals surface area contributed by atoms with E-state index < -0.39 is 36.5 Å². The molecule has 1 amide bonds. The summed E-state index contributed by atoms with van der Waals surface area (Å²) in [5, 5.41) is 19.4. The second-order valence-corrected chi connectivity index (χ2v) is 3.91. The van der Waals surface area contributed by atoms with Crippen LogP contribution < -0.4 is 5.73 Å². The summed E-state index contributed by atoms with van der Waals surface area (Å²) >= 11 is 0. The first-order valence-corrected chi connectivity index (χ1v) is 4.57. The van der Waals surface area contributed by atoms with Gasteiger partial charge in [-0.3, -0.25) is 0 Å². The molecule has 0 aromatic rings. The Balaban J connectivity index is 2.24. The Hall–Kier alpha value is -0.850. The number of hydrogen-bond donors (Lipinski definition) is 3. The van der Waals surface area contributed by atoms with Crippen LogP contribution in [0.1, 0.15) is 6.42 Å². The van der Waals surface area contributed by atoms with Crippen LogP contribution in [-0.2, 0) is 4.74 Å². The van der Waals surface area contributed by atoms with Crippen LogP contribution in [0.25, 0.3) is 0 Å². The molecular weight excluding hydrogens is 188 g/mol. The van der Waals surface area contributed by atoms with Crippen LogP contribution in [0.4, 0.5) is 4.79 Å². The fourth-order valence-corrected chi connectivity index (χ4v) is 2.16. The maximum absolute atomic E-state index is 11.2. The summed E-state index contributed by atoms with van der Waals surface area (Å²) in [4.78, 5) is 12.5. The van der Waals surface area contributed by atoms with Crippen LogP contribution >= 0.6 is 0 Å². The van der Waals surface area contributed by atoms with E-state index in [2.05, 4.69) is 0 Å². The number of aliphatic hydroxyl groups excluding tert-OH is 2. The van der Waals surface area contributed by atoms with Crippen molar-refractivity contribution in [2.24, 2.45) is 5.73 Å². The van der Waals surface area contributed by atoms with Crippen LogP contribution in [0.2, 0.25) is 0 Å². The van der Waals surface area contributed by atoms with E-state index in [9.17, 15) is 15.0 Å². The van der Waals surface area contributed by atoms with Crippen molar-refractivity contribution in [1.29, 1.82) is 0 Å². The van der Waals surface area contributed by atoms with Gasteiger partial charge in [0.1, 0.15) is 12.1 Å². The molecule has 1 aliphatic heterocycles. The number of amides is 1. The molecule has 1 saturated heterocycles. The molecule has 0 unspecified atom stereocenters. The maximum Gasteiger partial charge on any atom is 0.410 e. The molecule has 2 aliphatic rings. The van der Waals surface area contributed by atoms with Gasteiger partial charge < -0.3 is 25.6 Å². The average Bonchev–Trinajstić information content (AvgIpc) is 2.40. The standard InChI is InChI=1S/C8H14N2O4/c1-10-5-4(11)2-3(9)6(12)7(5)14-8(10)13/h3-7,11-12H,2,9H2,1H3/t3-,4-,5+,6+,7+/m1/s1. The number of carbonyl (C=O) groups excluding carboxylic acids is 1. The zero-order valence-corrected chi connectivity index (χ0v) is 7.83. The van der Waals surface area contributed by atoms with Crippen LogP contribution in [-0.4, -0.2) is 58.6 Å². The molecule has 0 aromatic heterocycles. The van der Waals surface area contributed by atoms with E-state index in [0.29, 0.717) is 0 Å². The van der Waals surface area contributed by atoms with Gasteiger partial charge in [-0.15, -0.1) is 0 Å². The van der Waals surface area contributed by atoms with E-state index >= 15 is 0 Å². The molecule has 1 aliphatic carbocycles. The Morgan fingerprint density at radius 3 is 2.86 bits per heavy atom. The number of carbonyl (C=O) groups is 1. The van der Waals surface area contributed by atoms with E-state index in [4.69, 9.17) is 10.5 Å². The van der Waals surface area contributed by atoms with Crippen molar-refractivity contribution in [3.05, 3.63) is 0 Å². The van der Waals surface area contributed by atoms with Crippen molar-refractivity contribution in [2.45, 2.75) is 36.8 Å². The number of nitrogens with two attached hydrogens (primary N) is 1. The van der Waals surface area contributed by atoms with Gasteiger partial charge in [-0.1, -0.05) is 0 Å². The minimum absolute atomic E-state index is 0.281. The van der Waals surface area contributed by atoms with E-state index in [0.717, 1.165) is 0 Å². The Kier molecular flexibility index (Phi) is 2.13. The van der Waals surface area contributed by atoms with Crippen LogP contribution in [0.15, 0.2) is 0 Å². The van der Waals surface area contributed by atoms with Gasteiger partial charge in [-0.05, 0) is 6.42 Å². The summed E-state index contributed by atoms with van der Waals surface area (Å²) in [5.74, 6) is 0. The molecule has 2 fully saturated rings. The van der Waals surface area contributed by atoms with Gasteiger partial charge in [0.05, 0.1) is 6.10 Å². The van der Waals surface area contributed by atoms with Crippen LogP contribution in [0.5, 0.6) is 0 Å². The Morgan fingerprint density at radius 1 is 1.57 bits per heavy atom. The summed E-state index contributed by atoms with van der Waals surface area (Å²) < 4.78 is 4.93. The van der Waals surface area contributed by atoms with Gasteiger partial charge in [-0.2, -0.15) is 0 Å². The molecule has 0 radical (unpaired) electrons. The van der Waals surface area contributed by atoms with Crippen LogP contribution in [0, 0.1) is 0 Å². The summed E-state index contributed by atoms with van der Waals surface area (Å²) in [6.45, 7) is 0. The zero-order valence-electron chi connectivity index (χ0n) is 7.83. The lowest BCUT2D eigenvalue weighted by atomic mass is 9.84. The molecular formula is C8H14N2O4. The third-order valence-corrected chi connectivity index (χ3v) is 2.99. The minimum Gasteiger partial charge on any atom is -0.441 e. The predicted octanol–water partition coefficient (Wildman–Crippen LogP) is -1.74. The molecule has 4 N–H and O–H groups in total. The van der Waals surface area contributed by atoms with E-state index in [1.807, 2.05) is 0 Å². The van der Waals surface area contributed by atoms with Gasteiger partial charge in [0.2, 0.25) is 0 Å². The fraction of sp³-hybridized carbons (Fsp3) is 0.875. The largest absolute Gasteiger partial charge is 0.441 e. The van der Waals surface area contributed by atoms with Gasteiger partial charge in [0.15, 0.2) is 6.10 Å². The summed E-state index contributed by atoms with van der Waals surface area (Å²) in [6.07, 6.45) is -2.56. The summed E-state index contributed by atoms with van der Waals surface area (Å²) in [6, 6.07) is -1.01. The number of rotatable bonds is 0. The quantitative estimate of drug-likeness (QED) is 0.433. The third kappa shape index (κ3) is 1.18. The lowest BCUT2D eigenvalue weighted by Crippen LogP contribution is -2.59. The van der Waals surface area contributed by atoms with E-state index in [-0.39, 0.29) is 6.42 Å². The molecule has 0 spiro atoms. The fourth-order valence-electron chi connectivity index (χ4n) is 2.16. The first kappa shape index (κ1) is 9.70. The van der Waals surface area contributed by atoms with Gasteiger partial charge in [0, 0.05) is 13.1 Å².